The molecular weight excluding hydrogens is 246 g/mol. The van der Waals surface area contributed by atoms with Gasteiger partial charge in [0.05, 0.1) is 0 Å². The maximum absolute atomic E-state index is 10.0. The molecule has 0 radical (unpaired) electrons. The molecule has 2 nitrogen and oxygen atoms in total. The number of rotatable bonds is 3. The number of aromatic hydroxyl groups is 1. The number of anilines is 1. The van der Waals surface area contributed by atoms with Crippen molar-refractivity contribution in [2.45, 2.75) is 26.3 Å². The lowest BCUT2D eigenvalue weighted by Gasteiger charge is -2.32. The van der Waals surface area contributed by atoms with Crippen molar-refractivity contribution in [3.8, 4) is 5.75 Å². The highest BCUT2D eigenvalue weighted by molar-refractivity contribution is 5.65. The quantitative estimate of drug-likeness (QED) is 0.896. The molecule has 2 aromatic carbocycles. The average molecular weight is 265 g/mol. The van der Waals surface area contributed by atoms with Gasteiger partial charge in [-0.15, -0.1) is 0 Å². The molecule has 1 aliphatic rings. The van der Waals surface area contributed by atoms with Crippen LogP contribution >= 0.6 is 0 Å². The maximum atomic E-state index is 10.0. The molecule has 2 heteroatoms. The third-order valence-corrected chi connectivity index (χ3v) is 3.85. The fraction of sp³-hybridized carbons (Fsp3) is 0.222. The number of hydrogen-bond donors (Lipinski definition) is 1. The summed E-state index contributed by atoms with van der Waals surface area (Å²) in [7, 11) is 0. The second-order valence-corrected chi connectivity index (χ2v) is 5.10. The molecule has 1 heterocycles. The van der Waals surface area contributed by atoms with Crippen LogP contribution in [0.25, 0.3) is 0 Å². The van der Waals surface area contributed by atoms with Crippen molar-refractivity contribution in [3.63, 3.8) is 0 Å². The molecule has 3 rings (SSSR count). The molecular formula is C18H19NO. The number of nitrogens with zero attached hydrogens (tertiary/aromatic N) is 1. The predicted molar refractivity (Wildman–Crippen MR) is 82.8 cm³/mol. The minimum atomic E-state index is 0.395. The standard InChI is InChI=1S/C18H19NO/c1-2-15-11-12-16-17(9-6-10-18(16)20)19(15)13-14-7-4-3-5-8-14/h3-11,20H,2,12-13H2,1H3. The van der Waals surface area contributed by atoms with Crippen LogP contribution in [-0.4, -0.2) is 5.11 Å². The molecule has 0 atom stereocenters. The van der Waals surface area contributed by atoms with Crippen molar-refractivity contribution in [2.75, 3.05) is 4.90 Å². The summed E-state index contributed by atoms with van der Waals surface area (Å²) in [4.78, 5) is 2.31. The van der Waals surface area contributed by atoms with E-state index in [2.05, 4.69) is 48.2 Å². The lowest BCUT2D eigenvalue weighted by atomic mass is 10.00. The molecule has 0 saturated carbocycles. The maximum Gasteiger partial charge on any atom is 0.121 e. The predicted octanol–water partition coefficient (Wildman–Crippen LogP) is 4.25. The van der Waals surface area contributed by atoms with E-state index in [0.29, 0.717) is 5.75 Å². The van der Waals surface area contributed by atoms with Crippen LogP contribution < -0.4 is 4.90 Å². The molecule has 0 amide bonds. The topological polar surface area (TPSA) is 23.5 Å². The normalized spacial score (nSPS) is 13.8. The van der Waals surface area contributed by atoms with Gasteiger partial charge in [0.15, 0.2) is 0 Å². The molecule has 0 aliphatic carbocycles. The molecule has 0 spiro atoms. The van der Waals surface area contributed by atoms with Crippen LogP contribution in [0.15, 0.2) is 60.3 Å². The van der Waals surface area contributed by atoms with Crippen LogP contribution in [0, 0.1) is 0 Å². The molecule has 1 aliphatic heterocycles. The van der Waals surface area contributed by atoms with Crippen molar-refractivity contribution >= 4 is 5.69 Å². The first-order chi connectivity index (χ1) is 9.79. The zero-order valence-electron chi connectivity index (χ0n) is 11.7. The number of phenols is 1. The van der Waals surface area contributed by atoms with Gasteiger partial charge in [-0.05, 0) is 30.5 Å². The summed E-state index contributed by atoms with van der Waals surface area (Å²) < 4.78 is 0. The van der Waals surface area contributed by atoms with Crippen LogP contribution in [0.4, 0.5) is 5.69 Å². The van der Waals surface area contributed by atoms with Crippen LogP contribution in [0.3, 0.4) is 0 Å². The molecule has 2 aromatic rings. The van der Waals surface area contributed by atoms with Gasteiger partial charge >= 0.3 is 0 Å². The van der Waals surface area contributed by atoms with Gasteiger partial charge in [-0.3, -0.25) is 0 Å². The SMILES string of the molecule is CCC1=CCc2c(O)cccc2N1Cc1ccccc1. The first-order valence-electron chi connectivity index (χ1n) is 7.11. The number of benzene rings is 2. The Hall–Kier alpha value is -2.22. The van der Waals surface area contributed by atoms with E-state index in [0.717, 1.165) is 30.6 Å². The smallest absolute Gasteiger partial charge is 0.121 e. The van der Waals surface area contributed by atoms with Crippen molar-refractivity contribution in [1.82, 2.24) is 0 Å². The zero-order chi connectivity index (χ0) is 13.9. The number of hydrogen-bond acceptors (Lipinski definition) is 2. The molecule has 0 unspecified atom stereocenters. The van der Waals surface area contributed by atoms with E-state index in [1.807, 2.05) is 12.1 Å². The number of allylic oxidation sites excluding steroid dienone is 2. The molecule has 1 N–H and O–H groups in total. The highest BCUT2D eigenvalue weighted by Gasteiger charge is 2.20. The lowest BCUT2D eigenvalue weighted by Crippen LogP contribution is -2.25. The van der Waals surface area contributed by atoms with Crippen LogP contribution in [-0.2, 0) is 13.0 Å². The Labute approximate surface area is 120 Å². The second kappa shape index (κ2) is 5.41. The van der Waals surface area contributed by atoms with Crippen molar-refractivity contribution in [3.05, 3.63) is 71.4 Å². The van der Waals surface area contributed by atoms with Gasteiger partial charge in [-0.1, -0.05) is 49.4 Å². The number of phenolic OH excluding ortho intramolecular Hbond substituents is 1. The molecule has 20 heavy (non-hydrogen) atoms. The Bertz CT molecular complexity index is 631. The van der Waals surface area contributed by atoms with Gasteiger partial charge in [0.2, 0.25) is 0 Å². The average Bonchev–Trinajstić information content (AvgIpc) is 2.49. The largest absolute Gasteiger partial charge is 0.508 e. The summed E-state index contributed by atoms with van der Waals surface area (Å²) in [6.07, 6.45) is 4.05. The van der Waals surface area contributed by atoms with Gasteiger partial charge in [-0.25, -0.2) is 0 Å². The van der Waals surface area contributed by atoms with E-state index in [1.54, 1.807) is 6.07 Å². The molecule has 0 fully saturated rings. The first kappa shape index (κ1) is 12.8. The molecule has 0 aromatic heterocycles. The van der Waals surface area contributed by atoms with Gasteiger partial charge in [0, 0.05) is 23.5 Å². The van der Waals surface area contributed by atoms with Crippen LogP contribution in [0.2, 0.25) is 0 Å². The first-order valence-corrected chi connectivity index (χ1v) is 7.11. The van der Waals surface area contributed by atoms with Gasteiger partial charge < -0.3 is 10.0 Å². The summed E-state index contributed by atoms with van der Waals surface area (Å²) in [5, 5.41) is 10.0. The van der Waals surface area contributed by atoms with E-state index >= 15 is 0 Å². The monoisotopic (exact) mass is 265 g/mol. The van der Waals surface area contributed by atoms with Crippen LogP contribution in [0.1, 0.15) is 24.5 Å². The summed E-state index contributed by atoms with van der Waals surface area (Å²) in [5.74, 6) is 0.395. The zero-order valence-corrected chi connectivity index (χ0v) is 11.7. The van der Waals surface area contributed by atoms with E-state index in [9.17, 15) is 5.11 Å². The van der Waals surface area contributed by atoms with E-state index in [-0.39, 0.29) is 0 Å². The van der Waals surface area contributed by atoms with Crippen LogP contribution in [0.5, 0.6) is 5.75 Å². The van der Waals surface area contributed by atoms with Gasteiger partial charge in [0.1, 0.15) is 5.75 Å². The highest BCUT2D eigenvalue weighted by Crippen LogP contribution is 2.36. The Kier molecular flexibility index (Phi) is 3.46. The van der Waals surface area contributed by atoms with Crippen molar-refractivity contribution < 1.29 is 5.11 Å². The third-order valence-electron chi connectivity index (χ3n) is 3.85. The summed E-state index contributed by atoms with van der Waals surface area (Å²) >= 11 is 0. The lowest BCUT2D eigenvalue weighted by molar-refractivity contribution is 0.469. The van der Waals surface area contributed by atoms with E-state index in [1.165, 1.54) is 11.3 Å². The Morgan fingerprint density at radius 2 is 1.85 bits per heavy atom. The van der Waals surface area contributed by atoms with Gasteiger partial charge in [0.25, 0.3) is 0 Å². The van der Waals surface area contributed by atoms with Crippen molar-refractivity contribution in [2.24, 2.45) is 0 Å². The Balaban J connectivity index is 2.00. The highest BCUT2D eigenvalue weighted by atomic mass is 16.3. The third kappa shape index (κ3) is 2.29. The van der Waals surface area contributed by atoms with Gasteiger partial charge in [-0.2, -0.15) is 0 Å². The fourth-order valence-corrected chi connectivity index (χ4v) is 2.80. The number of fused-ring (bicyclic) bond motifs is 1. The fourth-order valence-electron chi connectivity index (χ4n) is 2.80. The summed E-state index contributed by atoms with van der Waals surface area (Å²) in [6, 6.07) is 16.2. The van der Waals surface area contributed by atoms with E-state index in [4.69, 9.17) is 0 Å². The van der Waals surface area contributed by atoms with Crippen molar-refractivity contribution in [1.29, 1.82) is 0 Å². The summed E-state index contributed by atoms with van der Waals surface area (Å²) in [5.41, 5.74) is 4.77. The minimum Gasteiger partial charge on any atom is -0.508 e. The van der Waals surface area contributed by atoms with E-state index < -0.39 is 0 Å². The summed E-state index contributed by atoms with van der Waals surface area (Å²) in [6.45, 7) is 3.02. The Morgan fingerprint density at radius 3 is 2.60 bits per heavy atom. The molecule has 0 saturated heterocycles. The second-order valence-electron chi connectivity index (χ2n) is 5.10. The molecule has 102 valence electrons. The minimum absolute atomic E-state index is 0.395. The molecule has 0 bridgehead atoms. The Morgan fingerprint density at radius 1 is 1.05 bits per heavy atom.